The number of nitrogens with zero attached hydrogens (tertiary/aromatic N) is 1. The molecule has 0 bridgehead atoms. The van der Waals surface area contributed by atoms with Gasteiger partial charge in [-0.05, 0) is 37.5 Å². The fourth-order valence-electron chi connectivity index (χ4n) is 2.42. The Morgan fingerprint density at radius 3 is 2.62 bits per heavy atom. The third-order valence-corrected chi connectivity index (χ3v) is 5.21. The molecule has 1 aliphatic heterocycles. The lowest BCUT2D eigenvalue weighted by Crippen LogP contribution is -2.35. The van der Waals surface area contributed by atoms with E-state index in [2.05, 4.69) is 17.1 Å². The topological polar surface area (TPSA) is 41.6 Å². The second-order valence-corrected chi connectivity index (χ2v) is 6.66. The fraction of sp³-hybridized carbons (Fsp3) is 0.600. The zero-order valence-electron chi connectivity index (χ0n) is 12.6. The highest BCUT2D eigenvalue weighted by atomic mass is 32.1. The molecule has 0 unspecified atom stereocenters. The molecule has 0 aromatic carbocycles. The number of carbonyl (C=O) groups excluding carboxylic acids is 1. The zero-order chi connectivity index (χ0) is 15.2. The molecule has 1 aromatic rings. The molecule has 0 atom stereocenters. The molecule has 0 radical (unpaired) electrons. The third kappa shape index (κ3) is 4.17. The Balaban J connectivity index is 2.11. The summed E-state index contributed by atoms with van der Waals surface area (Å²) in [5, 5.41) is 4.77. The van der Waals surface area contributed by atoms with Gasteiger partial charge in [0.15, 0.2) is 5.11 Å². The number of carbonyl (C=O) groups is 1. The minimum atomic E-state index is -0.313. The number of rotatable bonds is 3. The summed E-state index contributed by atoms with van der Waals surface area (Å²) >= 11 is 7.09. The average molecular weight is 326 g/mol. The van der Waals surface area contributed by atoms with Crippen LogP contribution in [0.4, 0.5) is 5.00 Å². The molecule has 1 aromatic heterocycles. The van der Waals surface area contributed by atoms with E-state index < -0.39 is 0 Å². The van der Waals surface area contributed by atoms with Crippen LogP contribution in [0.25, 0.3) is 0 Å². The third-order valence-electron chi connectivity index (χ3n) is 3.65. The Morgan fingerprint density at radius 2 is 2.05 bits per heavy atom. The van der Waals surface area contributed by atoms with Crippen molar-refractivity contribution in [1.82, 2.24) is 4.90 Å². The Morgan fingerprint density at radius 1 is 1.38 bits per heavy atom. The van der Waals surface area contributed by atoms with Gasteiger partial charge in [0.1, 0.15) is 5.00 Å². The number of thiophene rings is 1. The van der Waals surface area contributed by atoms with Gasteiger partial charge < -0.3 is 15.0 Å². The van der Waals surface area contributed by atoms with Crippen molar-refractivity contribution in [3.05, 3.63) is 16.5 Å². The Hall–Kier alpha value is -1.14. The largest absolute Gasteiger partial charge is 0.465 e. The summed E-state index contributed by atoms with van der Waals surface area (Å²) in [4.78, 5) is 15.2. The quantitative estimate of drug-likeness (QED) is 0.678. The smallest absolute Gasteiger partial charge is 0.340 e. The van der Waals surface area contributed by atoms with Crippen molar-refractivity contribution in [2.45, 2.75) is 39.0 Å². The molecule has 0 saturated carbocycles. The molecule has 1 N–H and O–H groups in total. The molecule has 0 aliphatic carbocycles. The second-order valence-electron chi connectivity index (χ2n) is 5.13. The van der Waals surface area contributed by atoms with Gasteiger partial charge in [-0.15, -0.1) is 11.3 Å². The summed E-state index contributed by atoms with van der Waals surface area (Å²) < 4.78 is 4.85. The predicted molar refractivity (Wildman–Crippen MR) is 91.3 cm³/mol. The van der Waals surface area contributed by atoms with Crippen LogP contribution in [0.5, 0.6) is 0 Å². The molecule has 116 valence electrons. The Labute approximate surface area is 135 Å². The maximum atomic E-state index is 11.9. The van der Waals surface area contributed by atoms with Gasteiger partial charge in [-0.3, -0.25) is 0 Å². The SMILES string of the molecule is CCc1cc(C(=O)OC)c(NC(=S)N2CCCCCC2)s1. The first-order valence-corrected chi connectivity index (χ1v) is 8.65. The normalized spacial score (nSPS) is 15.4. The summed E-state index contributed by atoms with van der Waals surface area (Å²) in [5.41, 5.74) is 0.580. The maximum Gasteiger partial charge on any atom is 0.340 e. The molecular weight excluding hydrogens is 304 g/mol. The van der Waals surface area contributed by atoms with Crippen molar-refractivity contribution in [3.63, 3.8) is 0 Å². The molecule has 2 rings (SSSR count). The first-order valence-electron chi connectivity index (χ1n) is 7.42. The number of aryl methyl sites for hydroxylation is 1. The molecule has 1 saturated heterocycles. The molecule has 21 heavy (non-hydrogen) atoms. The molecule has 2 heterocycles. The van der Waals surface area contributed by atoms with Crippen LogP contribution in [0.15, 0.2) is 6.07 Å². The molecule has 0 spiro atoms. The summed E-state index contributed by atoms with van der Waals surface area (Å²) in [7, 11) is 1.41. The number of anilines is 1. The van der Waals surface area contributed by atoms with Gasteiger partial charge in [-0.2, -0.15) is 0 Å². The number of hydrogen-bond acceptors (Lipinski definition) is 4. The van der Waals surface area contributed by atoms with E-state index in [0.29, 0.717) is 10.7 Å². The van der Waals surface area contributed by atoms with Gasteiger partial charge in [0.2, 0.25) is 0 Å². The highest BCUT2D eigenvalue weighted by Gasteiger charge is 2.19. The Bertz CT molecular complexity index is 506. The van der Waals surface area contributed by atoms with Crippen molar-refractivity contribution < 1.29 is 9.53 Å². The van der Waals surface area contributed by atoms with Crippen LogP contribution in [-0.2, 0) is 11.2 Å². The molecular formula is C15H22N2O2S2. The monoisotopic (exact) mass is 326 g/mol. The first-order chi connectivity index (χ1) is 10.2. The van der Waals surface area contributed by atoms with E-state index >= 15 is 0 Å². The van der Waals surface area contributed by atoms with E-state index in [1.165, 1.54) is 32.8 Å². The molecule has 6 heteroatoms. The predicted octanol–water partition coefficient (Wildman–Crippen LogP) is 3.67. The van der Waals surface area contributed by atoms with Crippen LogP contribution in [0.1, 0.15) is 47.8 Å². The van der Waals surface area contributed by atoms with E-state index in [1.54, 1.807) is 11.3 Å². The van der Waals surface area contributed by atoms with Crippen molar-refractivity contribution in [2.75, 3.05) is 25.5 Å². The lowest BCUT2D eigenvalue weighted by molar-refractivity contribution is 0.0602. The van der Waals surface area contributed by atoms with Gasteiger partial charge in [0, 0.05) is 18.0 Å². The number of methoxy groups -OCH3 is 1. The van der Waals surface area contributed by atoms with Crippen LogP contribution in [0.2, 0.25) is 0 Å². The number of thiocarbonyl (C=S) groups is 1. The second kappa shape index (κ2) is 7.75. The average Bonchev–Trinajstić information content (AvgIpc) is 2.72. The molecule has 4 nitrogen and oxygen atoms in total. The fourth-order valence-corrected chi connectivity index (χ4v) is 3.75. The van der Waals surface area contributed by atoms with Gasteiger partial charge in [0.25, 0.3) is 0 Å². The van der Waals surface area contributed by atoms with Gasteiger partial charge in [-0.1, -0.05) is 19.8 Å². The van der Waals surface area contributed by atoms with Crippen LogP contribution < -0.4 is 5.32 Å². The van der Waals surface area contributed by atoms with Gasteiger partial charge >= 0.3 is 5.97 Å². The number of esters is 1. The van der Waals surface area contributed by atoms with Crippen molar-refractivity contribution in [3.8, 4) is 0 Å². The van der Waals surface area contributed by atoms with E-state index in [4.69, 9.17) is 17.0 Å². The van der Waals surface area contributed by atoms with Gasteiger partial charge in [-0.25, -0.2) is 4.79 Å². The number of likely N-dealkylation sites (tertiary alicyclic amines) is 1. The van der Waals surface area contributed by atoms with E-state index in [-0.39, 0.29) is 5.97 Å². The van der Waals surface area contributed by atoms with Crippen molar-refractivity contribution >= 4 is 39.6 Å². The maximum absolute atomic E-state index is 11.9. The minimum absolute atomic E-state index is 0.313. The van der Waals surface area contributed by atoms with Crippen LogP contribution in [0.3, 0.4) is 0 Å². The molecule has 1 aliphatic rings. The summed E-state index contributed by atoms with van der Waals surface area (Å²) in [6.45, 7) is 4.06. The molecule has 0 amide bonds. The van der Waals surface area contributed by atoms with E-state index in [9.17, 15) is 4.79 Å². The van der Waals surface area contributed by atoms with Crippen LogP contribution in [-0.4, -0.2) is 36.2 Å². The lowest BCUT2D eigenvalue weighted by Gasteiger charge is -2.23. The van der Waals surface area contributed by atoms with Crippen LogP contribution >= 0.6 is 23.6 Å². The van der Waals surface area contributed by atoms with Crippen LogP contribution in [0, 0.1) is 0 Å². The lowest BCUT2D eigenvalue weighted by atomic mass is 10.2. The van der Waals surface area contributed by atoms with Crippen molar-refractivity contribution in [2.24, 2.45) is 0 Å². The van der Waals surface area contributed by atoms with Gasteiger partial charge in [0.05, 0.1) is 12.7 Å². The summed E-state index contributed by atoms with van der Waals surface area (Å²) in [6, 6.07) is 1.89. The standard InChI is InChI=1S/C15H22N2O2S2/c1-3-11-10-12(14(18)19-2)13(21-11)16-15(20)17-8-6-4-5-7-9-17/h10H,3-9H2,1-2H3,(H,16,20). The van der Waals surface area contributed by atoms with E-state index in [0.717, 1.165) is 29.4 Å². The first kappa shape index (κ1) is 16.2. The number of hydrogen-bond donors (Lipinski definition) is 1. The summed E-state index contributed by atoms with van der Waals surface area (Å²) in [6.07, 6.45) is 5.79. The minimum Gasteiger partial charge on any atom is -0.465 e. The highest BCUT2D eigenvalue weighted by Crippen LogP contribution is 2.29. The van der Waals surface area contributed by atoms with Crippen molar-refractivity contribution in [1.29, 1.82) is 0 Å². The van der Waals surface area contributed by atoms with E-state index in [1.807, 2.05) is 6.07 Å². The highest BCUT2D eigenvalue weighted by molar-refractivity contribution is 7.80. The number of nitrogens with one attached hydrogen (secondary N) is 1. The molecule has 1 fully saturated rings. The Kier molecular flexibility index (Phi) is 5.99. The number of ether oxygens (including phenoxy) is 1. The summed E-state index contributed by atoms with van der Waals surface area (Å²) in [5.74, 6) is -0.313. The zero-order valence-corrected chi connectivity index (χ0v) is 14.2.